The first-order chi connectivity index (χ1) is 11.3. The molecule has 0 radical (unpaired) electrons. The van der Waals surface area contributed by atoms with Crippen LogP contribution >= 0.6 is 11.6 Å². The molecule has 0 aliphatic carbocycles. The van der Waals surface area contributed by atoms with Crippen molar-refractivity contribution in [2.75, 3.05) is 7.05 Å². The molecule has 0 saturated heterocycles. The zero-order valence-electron chi connectivity index (χ0n) is 13.7. The minimum absolute atomic E-state index is 0.258. The van der Waals surface area contributed by atoms with E-state index in [9.17, 15) is 14.4 Å². The summed E-state index contributed by atoms with van der Waals surface area (Å²) in [5.74, 6) is -0.258. The summed E-state index contributed by atoms with van der Waals surface area (Å²) in [7, 11) is 4.60. The Morgan fingerprint density at radius 1 is 1.29 bits per heavy atom. The van der Waals surface area contributed by atoms with Gasteiger partial charge in [0.05, 0.1) is 5.56 Å². The molecule has 1 aromatic heterocycles. The Bertz CT molecular complexity index is 912. The third-order valence-corrected chi connectivity index (χ3v) is 3.80. The van der Waals surface area contributed by atoms with Crippen molar-refractivity contribution >= 4 is 23.6 Å². The van der Waals surface area contributed by atoms with Crippen LogP contribution in [0.2, 0.25) is 5.02 Å². The summed E-state index contributed by atoms with van der Waals surface area (Å²) in [5, 5.41) is 0.609. The molecule has 1 heterocycles. The molecule has 1 amide bonds. The van der Waals surface area contributed by atoms with E-state index in [0.717, 1.165) is 10.1 Å². The van der Waals surface area contributed by atoms with Crippen molar-refractivity contribution in [2.45, 2.75) is 6.54 Å². The van der Waals surface area contributed by atoms with E-state index in [1.165, 1.54) is 34.9 Å². The number of carbonyl (C=O) groups excluding carboxylic acids is 1. The number of rotatable bonds is 4. The Hall–Kier alpha value is -2.60. The number of aromatic nitrogens is 2. The number of amides is 1. The average molecular weight is 348 g/mol. The van der Waals surface area contributed by atoms with Crippen molar-refractivity contribution < 1.29 is 4.79 Å². The lowest BCUT2D eigenvalue weighted by Crippen LogP contribution is -2.37. The summed E-state index contributed by atoms with van der Waals surface area (Å²) in [6.45, 7) is 0.398. The van der Waals surface area contributed by atoms with Crippen molar-refractivity contribution in [3.63, 3.8) is 0 Å². The molecule has 2 aromatic rings. The van der Waals surface area contributed by atoms with Gasteiger partial charge in [0.2, 0.25) is 5.91 Å². The van der Waals surface area contributed by atoms with Gasteiger partial charge in [-0.05, 0) is 23.8 Å². The second-order valence-electron chi connectivity index (χ2n) is 5.50. The monoisotopic (exact) mass is 347 g/mol. The van der Waals surface area contributed by atoms with E-state index in [0.29, 0.717) is 11.6 Å². The van der Waals surface area contributed by atoms with Crippen molar-refractivity contribution in [3.05, 3.63) is 73.5 Å². The van der Waals surface area contributed by atoms with E-state index in [1.807, 2.05) is 12.1 Å². The molecule has 0 atom stereocenters. The summed E-state index contributed by atoms with van der Waals surface area (Å²) < 4.78 is 2.29. The standard InChI is InChI=1S/C17H18ClN3O3/c1-19(10-12-5-4-6-14(18)9-12)15(22)8-7-13-11-20(2)17(24)21(3)16(13)23/h4-9,11H,10H2,1-3H3/b8-7+. The minimum Gasteiger partial charge on any atom is -0.338 e. The molecule has 0 spiro atoms. The maximum atomic E-state index is 12.2. The zero-order chi connectivity index (χ0) is 17.9. The SMILES string of the molecule is CN(Cc1cccc(Cl)c1)C(=O)/C=C/c1cn(C)c(=O)n(C)c1=O. The van der Waals surface area contributed by atoms with E-state index < -0.39 is 11.2 Å². The largest absolute Gasteiger partial charge is 0.338 e. The van der Waals surface area contributed by atoms with E-state index >= 15 is 0 Å². The van der Waals surface area contributed by atoms with Gasteiger partial charge in [0, 0.05) is 45.0 Å². The van der Waals surface area contributed by atoms with Crippen LogP contribution in [0.25, 0.3) is 6.08 Å². The molecule has 7 heteroatoms. The van der Waals surface area contributed by atoms with Crippen molar-refractivity contribution in [3.8, 4) is 0 Å². The highest BCUT2D eigenvalue weighted by atomic mass is 35.5. The van der Waals surface area contributed by atoms with Crippen molar-refractivity contribution in [2.24, 2.45) is 14.1 Å². The lowest BCUT2D eigenvalue weighted by atomic mass is 10.2. The number of halogens is 1. The van der Waals surface area contributed by atoms with Crippen LogP contribution in [0.15, 0.2) is 46.1 Å². The van der Waals surface area contributed by atoms with Crippen LogP contribution in [0.5, 0.6) is 0 Å². The fraction of sp³-hybridized carbons (Fsp3) is 0.235. The predicted molar refractivity (Wildman–Crippen MR) is 93.9 cm³/mol. The van der Waals surface area contributed by atoms with Gasteiger partial charge in [-0.1, -0.05) is 23.7 Å². The topological polar surface area (TPSA) is 64.3 Å². The Labute approximate surface area is 144 Å². The van der Waals surface area contributed by atoms with Crippen LogP contribution in [0.3, 0.4) is 0 Å². The lowest BCUT2D eigenvalue weighted by molar-refractivity contribution is -0.125. The van der Waals surface area contributed by atoms with Gasteiger partial charge in [-0.25, -0.2) is 4.79 Å². The summed E-state index contributed by atoms with van der Waals surface area (Å²) in [6.07, 6.45) is 4.13. The van der Waals surface area contributed by atoms with E-state index in [2.05, 4.69) is 0 Å². The number of carbonyl (C=O) groups is 1. The molecule has 1 aromatic carbocycles. The number of nitrogens with zero attached hydrogens (tertiary/aromatic N) is 3. The Balaban J connectivity index is 2.16. The van der Waals surface area contributed by atoms with Crippen LogP contribution < -0.4 is 11.2 Å². The molecular weight excluding hydrogens is 330 g/mol. The summed E-state index contributed by atoms with van der Waals surface area (Å²) in [5.41, 5.74) is 0.315. The third kappa shape index (κ3) is 4.02. The molecular formula is C17H18ClN3O3. The van der Waals surface area contributed by atoms with Gasteiger partial charge in [-0.2, -0.15) is 0 Å². The normalized spacial score (nSPS) is 11.0. The Morgan fingerprint density at radius 2 is 2.00 bits per heavy atom. The quantitative estimate of drug-likeness (QED) is 0.785. The number of aryl methyl sites for hydroxylation is 1. The Morgan fingerprint density at radius 3 is 2.67 bits per heavy atom. The molecule has 6 nitrogen and oxygen atoms in total. The summed E-state index contributed by atoms with van der Waals surface area (Å²) >= 11 is 5.93. The second kappa shape index (κ2) is 7.31. The summed E-state index contributed by atoms with van der Waals surface area (Å²) in [4.78, 5) is 37.3. The summed E-state index contributed by atoms with van der Waals surface area (Å²) in [6, 6.07) is 7.25. The first kappa shape index (κ1) is 17.7. The lowest BCUT2D eigenvalue weighted by Gasteiger charge is -2.15. The molecule has 2 rings (SSSR count). The van der Waals surface area contributed by atoms with Crippen LogP contribution in [0.1, 0.15) is 11.1 Å². The van der Waals surface area contributed by atoms with Gasteiger partial charge < -0.3 is 9.47 Å². The second-order valence-corrected chi connectivity index (χ2v) is 5.94. The number of likely N-dealkylation sites (N-methyl/N-ethyl adjacent to an activating group) is 1. The number of hydrogen-bond donors (Lipinski definition) is 0. The van der Waals surface area contributed by atoms with Crippen LogP contribution in [-0.4, -0.2) is 27.0 Å². The highest BCUT2D eigenvalue weighted by molar-refractivity contribution is 6.30. The van der Waals surface area contributed by atoms with Crippen LogP contribution in [0, 0.1) is 0 Å². The van der Waals surface area contributed by atoms with Gasteiger partial charge in [0.1, 0.15) is 0 Å². The molecule has 0 bridgehead atoms. The number of benzene rings is 1. The van der Waals surface area contributed by atoms with Gasteiger partial charge in [0.25, 0.3) is 5.56 Å². The highest BCUT2D eigenvalue weighted by Gasteiger charge is 2.08. The number of hydrogen-bond acceptors (Lipinski definition) is 3. The van der Waals surface area contributed by atoms with Crippen molar-refractivity contribution in [1.29, 1.82) is 0 Å². The smallest absolute Gasteiger partial charge is 0.330 e. The van der Waals surface area contributed by atoms with Crippen LogP contribution in [-0.2, 0) is 25.4 Å². The van der Waals surface area contributed by atoms with Gasteiger partial charge in [-0.15, -0.1) is 0 Å². The van der Waals surface area contributed by atoms with E-state index in [4.69, 9.17) is 11.6 Å². The minimum atomic E-state index is -0.445. The molecule has 0 unspecified atom stereocenters. The van der Waals surface area contributed by atoms with Gasteiger partial charge in [0.15, 0.2) is 0 Å². The molecule has 0 aliphatic heterocycles. The van der Waals surface area contributed by atoms with Gasteiger partial charge >= 0.3 is 5.69 Å². The van der Waals surface area contributed by atoms with Crippen molar-refractivity contribution in [1.82, 2.24) is 14.0 Å². The van der Waals surface area contributed by atoms with E-state index in [-0.39, 0.29) is 11.5 Å². The first-order valence-electron chi connectivity index (χ1n) is 7.24. The fourth-order valence-electron chi connectivity index (χ4n) is 2.23. The maximum Gasteiger partial charge on any atom is 0.330 e. The van der Waals surface area contributed by atoms with E-state index in [1.54, 1.807) is 26.2 Å². The molecule has 24 heavy (non-hydrogen) atoms. The highest BCUT2D eigenvalue weighted by Crippen LogP contribution is 2.12. The molecule has 126 valence electrons. The fourth-order valence-corrected chi connectivity index (χ4v) is 2.44. The van der Waals surface area contributed by atoms with Gasteiger partial charge in [-0.3, -0.25) is 14.2 Å². The average Bonchev–Trinajstić information content (AvgIpc) is 2.54. The molecule has 0 N–H and O–H groups in total. The van der Waals surface area contributed by atoms with Crippen LogP contribution in [0.4, 0.5) is 0 Å². The zero-order valence-corrected chi connectivity index (χ0v) is 14.4. The molecule has 0 fully saturated rings. The maximum absolute atomic E-state index is 12.2. The first-order valence-corrected chi connectivity index (χ1v) is 7.61. The Kier molecular flexibility index (Phi) is 5.41. The molecule has 0 saturated carbocycles. The predicted octanol–water partition coefficient (Wildman–Crippen LogP) is 1.41. The molecule has 0 aliphatic rings. The third-order valence-electron chi connectivity index (χ3n) is 3.56.